The minimum absolute atomic E-state index is 0.0488. The largest absolute Gasteiger partial charge is 0.530 e. The Morgan fingerprint density at radius 1 is 1.14 bits per heavy atom. The summed E-state index contributed by atoms with van der Waals surface area (Å²) in [5, 5.41) is -0.0959. The van der Waals surface area contributed by atoms with Crippen LogP contribution in [0.2, 0.25) is 18.1 Å². The summed E-state index contributed by atoms with van der Waals surface area (Å²) in [5.74, 6) is 0.0970. The number of amides is 1. The molecule has 2 aromatic carbocycles. The molecule has 2 N–H and O–H groups in total. The first-order chi connectivity index (χ1) is 20.4. The van der Waals surface area contributed by atoms with Crippen molar-refractivity contribution in [3.8, 4) is 24.0 Å². The number of carbonyl (C=O) groups is 1. The average molecular weight is 624 g/mol. The quantitative estimate of drug-likeness (QED) is 0.213. The van der Waals surface area contributed by atoms with Gasteiger partial charge in [0.05, 0.1) is 17.4 Å². The Bertz CT molecular complexity index is 1570. The predicted octanol–water partition coefficient (Wildman–Crippen LogP) is 6.68. The third-order valence-corrected chi connectivity index (χ3v) is 12.8. The summed E-state index contributed by atoms with van der Waals surface area (Å²) < 4.78 is 55.2. The van der Waals surface area contributed by atoms with Gasteiger partial charge in [-0.1, -0.05) is 52.7 Å². The molecule has 234 valence electrons. The van der Waals surface area contributed by atoms with Crippen LogP contribution < -0.4 is 19.8 Å². The van der Waals surface area contributed by atoms with Crippen LogP contribution >= 0.6 is 0 Å². The molecule has 6 nitrogen and oxygen atoms in total. The first-order valence-electron chi connectivity index (χ1n) is 14.5. The second-order valence-corrected chi connectivity index (χ2v) is 18.2. The number of hydrogen-bond acceptors (Lipinski definition) is 5. The molecule has 2 heterocycles. The Kier molecular flexibility index (Phi) is 9.24. The molecule has 0 radical (unpaired) electrons. The first kappa shape index (κ1) is 33.1. The second-order valence-electron chi connectivity index (χ2n) is 13.5. The van der Waals surface area contributed by atoms with E-state index in [0.29, 0.717) is 23.7 Å². The zero-order valence-corrected chi connectivity index (χ0v) is 27.4. The molecular formula is C34H40F3N3O3Si. The Balaban J connectivity index is 1.71. The monoisotopic (exact) mass is 623 g/mol. The minimum atomic E-state index is -2.32. The number of fused-ring (bicyclic) bond motifs is 1. The van der Waals surface area contributed by atoms with Crippen molar-refractivity contribution in [1.29, 1.82) is 0 Å². The molecule has 1 aromatic heterocycles. The van der Waals surface area contributed by atoms with Crippen LogP contribution in [0.3, 0.4) is 0 Å². The summed E-state index contributed by atoms with van der Waals surface area (Å²) in [7, 11) is -2.32. The number of ether oxygens (including phenoxy) is 1. The number of halogens is 3. The molecule has 3 aromatic rings. The molecule has 0 bridgehead atoms. The highest BCUT2D eigenvalue weighted by Gasteiger charge is 2.44. The van der Waals surface area contributed by atoms with Crippen molar-refractivity contribution in [2.45, 2.75) is 77.0 Å². The van der Waals surface area contributed by atoms with Gasteiger partial charge in [0.25, 0.3) is 8.32 Å². The molecule has 1 aliphatic heterocycles. The number of terminal acetylenes is 1. The molecule has 1 atom stereocenters. The Labute approximate surface area is 258 Å². The van der Waals surface area contributed by atoms with Crippen molar-refractivity contribution in [2.24, 2.45) is 5.73 Å². The summed E-state index contributed by atoms with van der Waals surface area (Å²) in [6.07, 6.45) is 5.19. The van der Waals surface area contributed by atoms with Crippen LogP contribution in [0.1, 0.15) is 57.0 Å². The van der Waals surface area contributed by atoms with E-state index < -0.39 is 37.3 Å². The van der Waals surface area contributed by atoms with Crippen LogP contribution in [0.5, 0.6) is 11.6 Å². The van der Waals surface area contributed by atoms with E-state index in [0.717, 1.165) is 23.3 Å². The Hall–Kier alpha value is -3.81. The number of rotatable bonds is 9. The van der Waals surface area contributed by atoms with Crippen molar-refractivity contribution < 1.29 is 27.1 Å². The average Bonchev–Trinajstić information content (AvgIpc) is 3.19. The van der Waals surface area contributed by atoms with Gasteiger partial charge in [-0.25, -0.2) is 18.2 Å². The highest BCUT2D eigenvalue weighted by atomic mass is 28.4. The first-order valence-corrected chi connectivity index (χ1v) is 17.4. The maximum Gasteiger partial charge on any atom is 0.252 e. The van der Waals surface area contributed by atoms with Gasteiger partial charge in [0.15, 0.2) is 0 Å². The maximum absolute atomic E-state index is 14.9. The fourth-order valence-electron chi connectivity index (χ4n) is 4.90. The maximum atomic E-state index is 14.9. The zero-order valence-electron chi connectivity index (χ0n) is 26.4. The van der Waals surface area contributed by atoms with E-state index in [1.54, 1.807) is 12.1 Å². The smallest absolute Gasteiger partial charge is 0.252 e. The molecule has 0 fully saturated rings. The summed E-state index contributed by atoms with van der Waals surface area (Å²) in [6, 6.07) is 8.89. The molecule has 44 heavy (non-hydrogen) atoms. The van der Waals surface area contributed by atoms with Crippen molar-refractivity contribution in [1.82, 2.24) is 4.98 Å². The number of anilines is 1. The van der Waals surface area contributed by atoms with Gasteiger partial charge in [-0.3, -0.25) is 4.79 Å². The molecule has 1 aliphatic rings. The van der Waals surface area contributed by atoms with Crippen molar-refractivity contribution in [3.05, 3.63) is 82.3 Å². The van der Waals surface area contributed by atoms with E-state index in [4.69, 9.17) is 26.3 Å². The molecule has 4 rings (SSSR count). The number of benzene rings is 2. The van der Waals surface area contributed by atoms with Crippen molar-refractivity contribution in [2.75, 3.05) is 18.1 Å². The lowest BCUT2D eigenvalue weighted by Gasteiger charge is -2.36. The van der Waals surface area contributed by atoms with Gasteiger partial charge in [0.2, 0.25) is 11.8 Å². The molecule has 1 amide bonds. The van der Waals surface area contributed by atoms with E-state index in [2.05, 4.69) is 39.8 Å². The standard InChI is InChI=1S/C34H40F3N3O3Si/c1-9-14-42-24-17-26(36)25(27(37)18-24)19-28(38)32(41)40-20-34(5,6)30-29(40)16-22(15-21-10-12-23(35)13-11-21)31(39-30)43-44(7,8)33(2,3)4/h1,10-13,16-18,28H,14-15,19-20,38H2,2-8H3/t28-/m0/s1. The Morgan fingerprint density at radius 3 is 2.32 bits per heavy atom. The molecule has 0 aliphatic carbocycles. The SMILES string of the molecule is C#CCOc1cc(F)c(C[C@H](N)C(=O)N2CC(C)(C)c3nc(O[Si](C)(C)C(C)(C)C)c(Cc4ccc(F)cc4)cc32)c(F)c1. The number of aromatic nitrogens is 1. The van der Waals surface area contributed by atoms with Gasteiger partial charge in [0, 0.05) is 48.1 Å². The zero-order chi connectivity index (χ0) is 32.6. The van der Waals surface area contributed by atoms with Gasteiger partial charge in [-0.05, 0) is 41.9 Å². The van der Waals surface area contributed by atoms with E-state index in [-0.39, 0.29) is 41.7 Å². The lowest BCUT2D eigenvalue weighted by molar-refractivity contribution is -0.119. The molecule has 10 heteroatoms. The van der Waals surface area contributed by atoms with Gasteiger partial charge >= 0.3 is 0 Å². The summed E-state index contributed by atoms with van der Waals surface area (Å²) in [5.41, 5.74) is 8.26. The normalized spacial score (nSPS) is 15.0. The highest BCUT2D eigenvalue weighted by molar-refractivity contribution is 6.74. The third-order valence-electron chi connectivity index (χ3n) is 8.44. The van der Waals surface area contributed by atoms with Crippen LogP contribution in [0.15, 0.2) is 42.5 Å². The second kappa shape index (κ2) is 12.3. The van der Waals surface area contributed by atoms with E-state index in [9.17, 15) is 18.0 Å². The van der Waals surface area contributed by atoms with E-state index in [1.807, 2.05) is 19.9 Å². The highest BCUT2D eigenvalue weighted by Crippen LogP contribution is 2.44. The van der Waals surface area contributed by atoms with Crippen molar-refractivity contribution in [3.63, 3.8) is 0 Å². The lowest BCUT2D eigenvalue weighted by atomic mass is 9.91. The number of carbonyl (C=O) groups excluding carboxylic acids is 1. The van der Waals surface area contributed by atoms with E-state index in [1.165, 1.54) is 17.0 Å². The van der Waals surface area contributed by atoms with Crippen LogP contribution in [-0.2, 0) is 23.1 Å². The van der Waals surface area contributed by atoms with Crippen LogP contribution in [0, 0.1) is 29.8 Å². The number of nitrogens with two attached hydrogens (primary N) is 1. The van der Waals surface area contributed by atoms with Crippen molar-refractivity contribution >= 4 is 19.9 Å². The van der Waals surface area contributed by atoms with Gasteiger partial charge in [0.1, 0.15) is 29.8 Å². The van der Waals surface area contributed by atoms with Gasteiger partial charge < -0.3 is 19.8 Å². The lowest BCUT2D eigenvalue weighted by Crippen LogP contribution is -2.46. The molecule has 0 unspecified atom stereocenters. The molecule has 0 spiro atoms. The number of nitrogens with zero attached hydrogens (tertiary/aromatic N) is 2. The minimum Gasteiger partial charge on any atom is -0.530 e. The summed E-state index contributed by atoms with van der Waals surface area (Å²) in [6.45, 7) is 14.8. The fraction of sp³-hybridized carbons (Fsp3) is 0.412. The Morgan fingerprint density at radius 2 is 1.75 bits per heavy atom. The predicted molar refractivity (Wildman–Crippen MR) is 169 cm³/mol. The van der Waals surface area contributed by atoms with Crippen LogP contribution in [-0.4, -0.2) is 38.4 Å². The van der Waals surface area contributed by atoms with Crippen LogP contribution in [0.25, 0.3) is 0 Å². The topological polar surface area (TPSA) is 77.7 Å². The van der Waals surface area contributed by atoms with Gasteiger partial charge in [-0.2, -0.15) is 0 Å². The number of hydrogen-bond donors (Lipinski definition) is 1. The molecule has 0 saturated carbocycles. The fourth-order valence-corrected chi connectivity index (χ4v) is 5.87. The molecular weight excluding hydrogens is 583 g/mol. The molecule has 0 saturated heterocycles. The number of pyridine rings is 1. The summed E-state index contributed by atoms with van der Waals surface area (Å²) in [4.78, 5) is 20.4. The van der Waals surface area contributed by atoms with Crippen LogP contribution in [0.4, 0.5) is 18.9 Å². The van der Waals surface area contributed by atoms with Gasteiger partial charge in [-0.15, -0.1) is 6.42 Å². The third kappa shape index (κ3) is 6.95. The van der Waals surface area contributed by atoms with E-state index >= 15 is 0 Å². The summed E-state index contributed by atoms with van der Waals surface area (Å²) >= 11 is 0.